The van der Waals surface area contributed by atoms with Crippen molar-refractivity contribution >= 4 is 24.3 Å². The standard InChI is InChI=1S/C17H32N4O2.ClH/c1-13(2)10-19-17(23)21-8-4-5-14(12-21)9-16(22)20-15-6-3-7-18-11-15;/h13-15,18H,3-12H2,1-2H3,(H,19,23)(H,20,22);1H. The number of rotatable bonds is 5. The molecule has 2 atom stereocenters. The first-order chi connectivity index (χ1) is 11.0. The molecule has 2 rings (SSSR count). The third kappa shape index (κ3) is 7.26. The monoisotopic (exact) mass is 360 g/mol. The van der Waals surface area contributed by atoms with Crippen molar-refractivity contribution in [3.05, 3.63) is 0 Å². The normalized spacial score (nSPS) is 24.2. The lowest BCUT2D eigenvalue weighted by molar-refractivity contribution is -0.123. The number of carbonyl (C=O) groups is 2. The van der Waals surface area contributed by atoms with E-state index in [1.807, 2.05) is 4.90 Å². The Labute approximate surface area is 151 Å². The smallest absolute Gasteiger partial charge is 0.317 e. The van der Waals surface area contributed by atoms with Gasteiger partial charge in [-0.25, -0.2) is 4.79 Å². The summed E-state index contributed by atoms with van der Waals surface area (Å²) in [4.78, 5) is 26.2. The Balaban J connectivity index is 0.00000288. The second-order valence-electron chi connectivity index (χ2n) is 7.35. The molecule has 2 unspecified atom stereocenters. The molecule has 0 aliphatic carbocycles. The first-order valence-electron chi connectivity index (χ1n) is 9.07. The Morgan fingerprint density at radius 3 is 2.71 bits per heavy atom. The molecule has 3 N–H and O–H groups in total. The first-order valence-corrected chi connectivity index (χ1v) is 9.07. The number of likely N-dealkylation sites (tertiary alicyclic amines) is 1. The van der Waals surface area contributed by atoms with Gasteiger partial charge in [-0.2, -0.15) is 0 Å². The number of hydrogen-bond acceptors (Lipinski definition) is 3. The number of hydrogen-bond donors (Lipinski definition) is 3. The Hall–Kier alpha value is -1.01. The fourth-order valence-electron chi connectivity index (χ4n) is 3.34. The van der Waals surface area contributed by atoms with Gasteiger partial charge in [0.2, 0.25) is 5.91 Å². The predicted octanol–water partition coefficient (Wildman–Crippen LogP) is 1.74. The molecule has 2 fully saturated rings. The fraction of sp³-hybridized carbons (Fsp3) is 0.882. The van der Waals surface area contributed by atoms with Crippen molar-refractivity contribution in [1.82, 2.24) is 20.9 Å². The van der Waals surface area contributed by atoms with Gasteiger partial charge in [-0.15, -0.1) is 12.4 Å². The summed E-state index contributed by atoms with van der Waals surface area (Å²) >= 11 is 0. The summed E-state index contributed by atoms with van der Waals surface area (Å²) in [6, 6.07) is 0.283. The highest BCUT2D eigenvalue weighted by atomic mass is 35.5. The lowest BCUT2D eigenvalue weighted by Gasteiger charge is -2.33. The number of carbonyl (C=O) groups excluding carboxylic acids is 2. The van der Waals surface area contributed by atoms with Crippen molar-refractivity contribution < 1.29 is 9.59 Å². The van der Waals surface area contributed by atoms with Crippen molar-refractivity contribution in [2.24, 2.45) is 11.8 Å². The van der Waals surface area contributed by atoms with E-state index in [2.05, 4.69) is 29.8 Å². The summed E-state index contributed by atoms with van der Waals surface area (Å²) in [5.41, 5.74) is 0. The molecule has 0 radical (unpaired) electrons. The molecule has 24 heavy (non-hydrogen) atoms. The van der Waals surface area contributed by atoms with E-state index in [0.717, 1.165) is 45.3 Å². The molecule has 0 saturated carbocycles. The molecular weight excluding hydrogens is 328 g/mol. The second-order valence-corrected chi connectivity index (χ2v) is 7.35. The predicted molar refractivity (Wildman–Crippen MR) is 98.4 cm³/mol. The van der Waals surface area contributed by atoms with Gasteiger partial charge in [0.05, 0.1) is 0 Å². The van der Waals surface area contributed by atoms with E-state index in [4.69, 9.17) is 0 Å². The minimum atomic E-state index is 0. The Morgan fingerprint density at radius 1 is 1.25 bits per heavy atom. The molecule has 140 valence electrons. The van der Waals surface area contributed by atoms with Gasteiger partial charge in [0.15, 0.2) is 0 Å². The van der Waals surface area contributed by atoms with Crippen LogP contribution in [0.15, 0.2) is 0 Å². The topological polar surface area (TPSA) is 73.5 Å². The molecule has 2 saturated heterocycles. The van der Waals surface area contributed by atoms with E-state index < -0.39 is 0 Å². The third-order valence-electron chi connectivity index (χ3n) is 4.60. The number of piperidine rings is 2. The van der Waals surface area contributed by atoms with Crippen LogP contribution in [0.5, 0.6) is 0 Å². The Kier molecular flexibility index (Phi) is 9.44. The summed E-state index contributed by atoms with van der Waals surface area (Å²) in [6.45, 7) is 8.30. The van der Waals surface area contributed by atoms with Crippen molar-refractivity contribution in [2.45, 2.75) is 52.0 Å². The zero-order valence-electron chi connectivity index (χ0n) is 15.0. The fourth-order valence-corrected chi connectivity index (χ4v) is 3.34. The lowest BCUT2D eigenvalue weighted by Crippen LogP contribution is -2.48. The summed E-state index contributed by atoms with van der Waals surface area (Å²) < 4.78 is 0. The number of nitrogens with one attached hydrogen (secondary N) is 3. The molecule has 2 heterocycles. The zero-order valence-corrected chi connectivity index (χ0v) is 15.8. The second kappa shape index (κ2) is 10.8. The molecular formula is C17H33ClN4O2. The van der Waals surface area contributed by atoms with Gasteiger partial charge in [-0.1, -0.05) is 13.8 Å². The van der Waals surface area contributed by atoms with Gasteiger partial charge in [0, 0.05) is 38.6 Å². The molecule has 6 nitrogen and oxygen atoms in total. The number of halogens is 1. The molecule has 2 aliphatic heterocycles. The van der Waals surface area contributed by atoms with E-state index in [1.54, 1.807) is 0 Å². The highest BCUT2D eigenvalue weighted by Crippen LogP contribution is 2.20. The van der Waals surface area contributed by atoms with Crippen molar-refractivity contribution in [3.63, 3.8) is 0 Å². The van der Waals surface area contributed by atoms with Gasteiger partial charge >= 0.3 is 6.03 Å². The molecule has 0 bridgehead atoms. The van der Waals surface area contributed by atoms with Crippen molar-refractivity contribution in [1.29, 1.82) is 0 Å². The summed E-state index contributed by atoms with van der Waals surface area (Å²) in [5, 5.41) is 9.41. The number of urea groups is 1. The van der Waals surface area contributed by atoms with E-state index in [0.29, 0.717) is 25.4 Å². The van der Waals surface area contributed by atoms with Crippen LogP contribution in [0.2, 0.25) is 0 Å². The first kappa shape index (κ1) is 21.0. The van der Waals surface area contributed by atoms with Gasteiger partial charge in [0.1, 0.15) is 0 Å². The molecule has 0 aromatic heterocycles. The van der Waals surface area contributed by atoms with Crippen LogP contribution in [0.4, 0.5) is 4.79 Å². The summed E-state index contributed by atoms with van der Waals surface area (Å²) in [5.74, 6) is 0.868. The highest BCUT2D eigenvalue weighted by Gasteiger charge is 2.26. The molecule has 2 aliphatic rings. The average Bonchev–Trinajstić information content (AvgIpc) is 2.53. The van der Waals surface area contributed by atoms with Crippen LogP contribution in [0, 0.1) is 11.8 Å². The van der Waals surface area contributed by atoms with Crippen LogP contribution in [0.3, 0.4) is 0 Å². The maximum atomic E-state index is 12.2. The number of nitrogens with zero attached hydrogens (tertiary/aromatic N) is 1. The van der Waals surface area contributed by atoms with Crippen LogP contribution >= 0.6 is 12.4 Å². The highest BCUT2D eigenvalue weighted by molar-refractivity contribution is 5.85. The van der Waals surface area contributed by atoms with E-state index >= 15 is 0 Å². The maximum absolute atomic E-state index is 12.2. The van der Waals surface area contributed by atoms with Crippen LogP contribution in [0.25, 0.3) is 0 Å². The van der Waals surface area contributed by atoms with Gasteiger partial charge in [-0.05, 0) is 44.1 Å². The van der Waals surface area contributed by atoms with Crippen LogP contribution < -0.4 is 16.0 Å². The number of amides is 3. The molecule has 3 amide bonds. The minimum absolute atomic E-state index is 0. The van der Waals surface area contributed by atoms with Gasteiger partial charge in [-0.3, -0.25) is 4.79 Å². The molecule has 0 aromatic rings. The van der Waals surface area contributed by atoms with Crippen molar-refractivity contribution in [2.75, 3.05) is 32.7 Å². The lowest BCUT2D eigenvalue weighted by atomic mass is 9.94. The van der Waals surface area contributed by atoms with E-state index in [-0.39, 0.29) is 36.3 Å². The molecule has 7 heteroatoms. The Bertz CT molecular complexity index is 400. The quantitative estimate of drug-likeness (QED) is 0.699. The van der Waals surface area contributed by atoms with Crippen LogP contribution in [0.1, 0.15) is 46.0 Å². The van der Waals surface area contributed by atoms with Gasteiger partial charge in [0.25, 0.3) is 0 Å². The molecule has 0 aromatic carbocycles. The Morgan fingerprint density at radius 2 is 2.04 bits per heavy atom. The van der Waals surface area contributed by atoms with Crippen molar-refractivity contribution in [3.8, 4) is 0 Å². The largest absolute Gasteiger partial charge is 0.352 e. The minimum Gasteiger partial charge on any atom is -0.352 e. The van der Waals surface area contributed by atoms with Gasteiger partial charge < -0.3 is 20.9 Å². The maximum Gasteiger partial charge on any atom is 0.317 e. The summed E-state index contributed by atoms with van der Waals surface area (Å²) in [6.07, 6.45) is 4.73. The van der Waals surface area contributed by atoms with E-state index in [1.165, 1.54) is 0 Å². The average molecular weight is 361 g/mol. The van der Waals surface area contributed by atoms with Crippen LogP contribution in [-0.4, -0.2) is 55.6 Å². The zero-order chi connectivity index (χ0) is 16.7. The summed E-state index contributed by atoms with van der Waals surface area (Å²) in [7, 11) is 0. The van der Waals surface area contributed by atoms with E-state index in [9.17, 15) is 9.59 Å². The molecule has 0 spiro atoms. The SMILES string of the molecule is CC(C)CNC(=O)N1CCCC(CC(=O)NC2CCCNC2)C1.Cl. The van der Waals surface area contributed by atoms with Crippen LogP contribution in [-0.2, 0) is 4.79 Å². The third-order valence-corrected chi connectivity index (χ3v) is 4.60.